The van der Waals surface area contributed by atoms with Crippen LogP contribution in [0.5, 0.6) is 0 Å². The van der Waals surface area contributed by atoms with E-state index in [0.29, 0.717) is 12.0 Å². The maximum Gasteiger partial charge on any atom is 0.225 e. The van der Waals surface area contributed by atoms with Crippen molar-refractivity contribution in [3.8, 4) is 0 Å². The van der Waals surface area contributed by atoms with Crippen LogP contribution >= 0.6 is 0 Å². The van der Waals surface area contributed by atoms with Crippen molar-refractivity contribution in [3.63, 3.8) is 0 Å². The molecule has 3 rings (SSSR count). The van der Waals surface area contributed by atoms with E-state index in [9.17, 15) is 19.8 Å². The van der Waals surface area contributed by atoms with Crippen LogP contribution in [0.15, 0.2) is 11.8 Å². The Labute approximate surface area is 165 Å². The average Bonchev–Trinajstić information content (AvgIpc) is 3.19. The average molecular weight is 397 g/mol. The van der Waals surface area contributed by atoms with Crippen molar-refractivity contribution in [2.24, 2.45) is 0 Å². The molecule has 3 fully saturated rings. The quantitative estimate of drug-likeness (QED) is 0.650. The van der Waals surface area contributed by atoms with Crippen LogP contribution in [0.1, 0.15) is 59.3 Å². The predicted octanol–water partition coefficient (Wildman–Crippen LogP) is 1.24. The monoisotopic (exact) mass is 397 g/mol. The summed E-state index contributed by atoms with van der Waals surface area (Å²) in [5.41, 5.74) is -0.949. The van der Waals surface area contributed by atoms with E-state index in [2.05, 4.69) is 0 Å². The molecule has 0 aromatic carbocycles. The van der Waals surface area contributed by atoms with E-state index in [1.54, 1.807) is 13.8 Å². The zero-order chi connectivity index (χ0) is 20.5. The van der Waals surface area contributed by atoms with Gasteiger partial charge in [0.2, 0.25) is 5.91 Å². The maximum absolute atomic E-state index is 12.4. The summed E-state index contributed by atoms with van der Waals surface area (Å²) in [6, 6.07) is 0. The normalized spacial score (nSPS) is 31.0. The summed E-state index contributed by atoms with van der Waals surface area (Å²) >= 11 is 0. The highest BCUT2D eigenvalue weighted by molar-refractivity contribution is 5.94. The van der Waals surface area contributed by atoms with Crippen LogP contribution in [-0.2, 0) is 23.8 Å². The third kappa shape index (κ3) is 3.64. The fraction of sp³-hybridized carbons (Fsp3) is 0.800. The Kier molecular flexibility index (Phi) is 6.26. The van der Waals surface area contributed by atoms with Gasteiger partial charge in [-0.2, -0.15) is 0 Å². The first-order chi connectivity index (χ1) is 13.3. The van der Waals surface area contributed by atoms with Crippen LogP contribution in [0.3, 0.4) is 0 Å². The highest BCUT2D eigenvalue weighted by Crippen LogP contribution is 2.49. The van der Waals surface area contributed by atoms with Crippen molar-refractivity contribution >= 4 is 11.7 Å². The van der Waals surface area contributed by atoms with Crippen molar-refractivity contribution < 1.29 is 34.0 Å². The van der Waals surface area contributed by atoms with Crippen molar-refractivity contribution in [3.05, 3.63) is 11.8 Å². The lowest BCUT2D eigenvalue weighted by Gasteiger charge is -2.38. The molecule has 0 radical (unpaired) electrons. The Morgan fingerprint density at radius 2 is 1.71 bits per heavy atom. The Morgan fingerprint density at radius 3 is 2.25 bits per heavy atom. The number of amides is 1. The lowest BCUT2D eigenvalue weighted by Crippen LogP contribution is -2.50. The standard InChI is InChI=1S/C20H31NO7/c1-4-15(25)13(2)10-21(14(3)24)18-16-17(19(11-22,12-23)28-18)27-20(26-16)8-6-5-7-9-20/h10,16-18,22-23H,4-9,11-12H2,1-3H3/b13-10-/t16-,17?,18+/m0/s1. The van der Waals surface area contributed by atoms with Gasteiger partial charge in [-0.15, -0.1) is 0 Å². The minimum absolute atomic E-state index is 0.0799. The SMILES string of the molecule is CCC(=O)/C(C)=C\N(C(C)=O)[C@@H]1OC(CO)(CO)C2OC3(CCCCC3)O[C@@H]21. The highest BCUT2D eigenvalue weighted by Gasteiger charge is 2.65. The number of carbonyl (C=O) groups excluding carboxylic acids is 2. The van der Waals surface area contributed by atoms with Gasteiger partial charge in [-0.25, -0.2) is 0 Å². The van der Waals surface area contributed by atoms with E-state index in [1.165, 1.54) is 18.0 Å². The zero-order valence-electron chi connectivity index (χ0n) is 16.8. The van der Waals surface area contributed by atoms with Crippen LogP contribution in [0.4, 0.5) is 0 Å². The van der Waals surface area contributed by atoms with Crippen molar-refractivity contribution in [2.75, 3.05) is 13.2 Å². The summed E-state index contributed by atoms with van der Waals surface area (Å²) < 4.78 is 18.5. The van der Waals surface area contributed by atoms with Gasteiger partial charge in [0.15, 0.2) is 17.8 Å². The Morgan fingerprint density at radius 1 is 1.07 bits per heavy atom. The van der Waals surface area contributed by atoms with Gasteiger partial charge in [-0.1, -0.05) is 13.3 Å². The van der Waals surface area contributed by atoms with Crippen LogP contribution in [0, 0.1) is 0 Å². The molecule has 2 aliphatic heterocycles. The number of fused-ring (bicyclic) bond motifs is 1. The number of Topliss-reactive ketones (excluding diaryl/α,β-unsaturated/α-hetero) is 1. The number of aliphatic hydroxyl groups is 2. The Balaban J connectivity index is 1.95. The summed E-state index contributed by atoms with van der Waals surface area (Å²) in [7, 11) is 0. The number of ether oxygens (including phenoxy) is 3. The van der Waals surface area contributed by atoms with E-state index in [4.69, 9.17) is 14.2 Å². The number of nitrogens with zero attached hydrogens (tertiary/aromatic N) is 1. The molecule has 3 aliphatic rings. The number of hydrogen-bond donors (Lipinski definition) is 2. The summed E-state index contributed by atoms with van der Waals surface area (Å²) in [6.07, 6.45) is 4.02. The lowest BCUT2D eigenvalue weighted by atomic mass is 9.94. The molecule has 0 aromatic rings. The second-order valence-corrected chi connectivity index (χ2v) is 8.00. The van der Waals surface area contributed by atoms with E-state index in [1.807, 2.05) is 0 Å². The first-order valence-corrected chi connectivity index (χ1v) is 10.1. The summed E-state index contributed by atoms with van der Waals surface area (Å²) in [5, 5.41) is 20.0. The van der Waals surface area contributed by atoms with Crippen LogP contribution in [-0.4, -0.2) is 69.8 Å². The van der Waals surface area contributed by atoms with Gasteiger partial charge in [0, 0.05) is 38.0 Å². The summed E-state index contributed by atoms with van der Waals surface area (Å²) in [5.74, 6) is -1.18. The lowest BCUT2D eigenvalue weighted by molar-refractivity contribution is -0.259. The summed E-state index contributed by atoms with van der Waals surface area (Å²) in [6.45, 7) is 3.84. The number of ketones is 1. The molecule has 1 saturated carbocycles. The summed E-state index contributed by atoms with van der Waals surface area (Å²) in [4.78, 5) is 25.7. The third-order valence-corrected chi connectivity index (χ3v) is 6.03. The van der Waals surface area contributed by atoms with Crippen molar-refractivity contribution in [2.45, 2.75) is 89.1 Å². The largest absolute Gasteiger partial charge is 0.393 e. The van der Waals surface area contributed by atoms with Gasteiger partial charge >= 0.3 is 0 Å². The molecule has 1 unspecified atom stereocenters. The number of hydrogen-bond acceptors (Lipinski definition) is 7. The van der Waals surface area contributed by atoms with Gasteiger partial charge in [0.25, 0.3) is 0 Å². The number of aliphatic hydroxyl groups excluding tert-OH is 2. The minimum atomic E-state index is -1.37. The molecule has 2 N–H and O–H groups in total. The highest BCUT2D eigenvalue weighted by atomic mass is 16.8. The topological polar surface area (TPSA) is 106 Å². The molecule has 1 aliphatic carbocycles. The number of allylic oxidation sites excluding steroid dienone is 1. The molecule has 158 valence electrons. The molecule has 2 saturated heterocycles. The van der Waals surface area contributed by atoms with E-state index < -0.39 is 43.0 Å². The first-order valence-electron chi connectivity index (χ1n) is 10.1. The van der Waals surface area contributed by atoms with Crippen LogP contribution < -0.4 is 0 Å². The van der Waals surface area contributed by atoms with Gasteiger partial charge in [-0.05, 0) is 19.8 Å². The van der Waals surface area contributed by atoms with Crippen LogP contribution in [0.25, 0.3) is 0 Å². The maximum atomic E-state index is 12.4. The van der Waals surface area contributed by atoms with Crippen LogP contribution in [0.2, 0.25) is 0 Å². The van der Waals surface area contributed by atoms with E-state index in [-0.39, 0.29) is 11.7 Å². The fourth-order valence-corrected chi connectivity index (χ4v) is 4.37. The Hall–Kier alpha value is -1.32. The fourth-order valence-electron chi connectivity index (χ4n) is 4.37. The third-order valence-electron chi connectivity index (χ3n) is 6.03. The molecule has 8 heteroatoms. The molecule has 0 aromatic heterocycles. The molecule has 2 heterocycles. The second kappa shape index (κ2) is 8.20. The molecule has 1 spiro atoms. The molecule has 0 bridgehead atoms. The number of carbonyl (C=O) groups is 2. The molecule has 8 nitrogen and oxygen atoms in total. The smallest absolute Gasteiger partial charge is 0.225 e. The molecular weight excluding hydrogens is 366 g/mol. The van der Waals surface area contributed by atoms with E-state index >= 15 is 0 Å². The van der Waals surface area contributed by atoms with Gasteiger partial charge < -0.3 is 24.4 Å². The van der Waals surface area contributed by atoms with E-state index in [0.717, 1.165) is 32.1 Å². The molecule has 28 heavy (non-hydrogen) atoms. The zero-order valence-corrected chi connectivity index (χ0v) is 16.8. The Bertz CT molecular complexity index is 636. The molecule has 1 amide bonds. The van der Waals surface area contributed by atoms with Crippen molar-refractivity contribution in [1.82, 2.24) is 4.90 Å². The van der Waals surface area contributed by atoms with Gasteiger partial charge in [0.05, 0.1) is 13.2 Å². The predicted molar refractivity (Wildman–Crippen MR) is 98.9 cm³/mol. The number of rotatable bonds is 6. The van der Waals surface area contributed by atoms with Crippen molar-refractivity contribution in [1.29, 1.82) is 0 Å². The molecular formula is C20H31NO7. The molecule has 3 atom stereocenters. The van der Waals surface area contributed by atoms with Gasteiger partial charge in [0.1, 0.15) is 17.8 Å². The van der Waals surface area contributed by atoms with Gasteiger partial charge in [-0.3, -0.25) is 14.5 Å². The minimum Gasteiger partial charge on any atom is -0.393 e. The first kappa shape index (κ1) is 21.4. The second-order valence-electron chi connectivity index (χ2n) is 8.00.